The Hall–Kier alpha value is -1.48. The van der Waals surface area contributed by atoms with Crippen molar-refractivity contribution in [2.24, 2.45) is 5.10 Å². The number of amides is 1. The fourth-order valence-corrected chi connectivity index (χ4v) is 4.89. The highest BCUT2D eigenvalue weighted by Crippen LogP contribution is 2.28. The lowest BCUT2D eigenvalue weighted by molar-refractivity contribution is -0.139. The second-order valence-electron chi connectivity index (χ2n) is 5.51. The summed E-state index contributed by atoms with van der Waals surface area (Å²) in [4.78, 5) is 31.1. The lowest BCUT2D eigenvalue weighted by atomic mass is 10.2. The van der Waals surface area contributed by atoms with Gasteiger partial charge < -0.3 is 9.84 Å². The molecule has 148 valence electrons. The third kappa shape index (κ3) is 7.50. The van der Waals surface area contributed by atoms with Gasteiger partial charge in [-0.25, -0.2) is 20.2 Å². The van der Waals surface area contributed by atoms with Gasteiger partial charge in [-0.15, -0.1) is 0 Å². The molecule has 1 heterocycles. The maximum Gasteiger partial charge on any atom is 0.341 e. The molecule has 0 saturated heterocycles. The van der Waals surface area contributed by atoms with Crippen molar-refractivity contribution in [1.82, 2.24) is 15.4 Å². The van der Waals surface area contributed by atoms with Crippen LogP contribution in [0.4, 0.5) is 0 Å². The summed E-state index contributed by atoms with van der Waals surface area (Å²) in [7, 11) is 0. The molecule has 0 aliphatic rings. The topological polar surface area (TPSA) is 114 Å². The Labute approximate surface area is 193 Å². The van der Waals surface area contributed by atoms with Crippen molar-refractivity contribution in [3.8, 4) is 5.75 Å². The maximum atomic E-state index is 11.9. The quantitative estimate of drug-likeness (QED) is 0.152. The number of nitrogens with zero attached hydrogens (tertiary/aromatic N) is 3. The number of carboxylic acid groups (broad SMARTS) is 1. The molecule has 0 fully saturated rings. The van der Waals surface area contributed by atoms with Gasteiger partial charge in [-0.2, -0.15) is 5.10 Å². The first-order valence-corrected chi connectivity index (χ1v) is 11.0. The van der Waals surface area contributed by atoms with Crippen LogP contribution in [0.5, 0.6) is 5.75 Å². The Morgan fingerprint density at radius 2 is 1.82 bits per heavy atom. The Morgan fingerprint density at radius 1 is 1.21 bits per heavy atom. The fourth-order valence-electron chi connectivity index (χ4n) is 2.03. The van der Waals surface area contributed by atoms with E-state index in [0.717, 1.165) is 24.1 Å². The van der Waals surface area contributed by atoms with Gasteiger partial charge in [-0.05, 0) is 82.8 Å². The molecule has 28 heavy (non-hydrogen) atoms. The highest BCUT2D eigenvalue weighted by Gasteiger charge is 2.10. The molecule has 0 bridgehead atoms. The highest BCUT2D eigenvalue weighted by atomic mass is 127. The summed E-state index contributed by atoms with van der Waals surface area (Å²) in [6, 6.07) is 5.44. The third-order valence-electron chi connectivity index (χ3n) is 3.06. The van der Waals surface area contributed by atoms with Crippen molar-refractivity contribution in [3.05, 3.63) is 42.3 Å². The van der Waals surface area contributed by atoms with Crippen molar-refractivity contribution in [2.45, 2.75) is 19.0 Å². The van der Waals surface area contributed by atoms with Gasteiger partial charge >= 0.3 is 5.97 Å². The zero-order chi connectivity index (χ0) is 20.7. The molecule has 0 atom stereocenters. The van der Waals surface area contributed by atoms with Crippen LogP contribution in [-0.2, 0) is 9.59 Å². The Bertz CT molecular complexity index is 881. The molecule has 2 N–H and O–H groups in total. The van der Waals surface area contributed by atoms with Gasteiger partial charge in [0.1, 0.15) is 5.75 Å². The number of thioether (sulfide) groups is 1. The van der Waals surface area contributed by atoms with Crippen LogP contribution in [0.1, 0.15) is 17.0 Å². The summed E-state index contributed by atoms with van der Waals surface area (Å²) in [6.45, 7) is 3.35. The van der Waals surface area contributed by atoms with Gasteiger partial charge in [0.2, 0.25) is 0 Å². The smallest absolute Gasteiger partial charge is 0.341 e. The van der Waals surface area contributed by atoms with Crippen LogP contribution in [0.2, 0.25) is 0 Å². The Balaban J connectivity index is 1.91. The molecule has 1 aromatic heterocycles. The number of aryl methyl sites for hydroxylation is 2. The van der Waals surface area contributed by atoms with Gasteiger partial charge in [0.15, 0.2) is 11.8 Å². The monoisotopic (exact) mass is 626 g/mol. The van der Waals surface area contributed by atoms with Gasteiger partial charge in [-0.3, -0.25) is 4.79 Å². The molecule has 0 aliphatic heterocycles. The number of ether oxygens (including phenoxy) is 1. The number of halogens is 2. The van der Waals surface area contributed by atoms with Crippen LogP contribution in [0.15, 0.2) is 28.5 Å². The number of rotatable bonds is 8. The van der Waals surface area contributed by atoms with E-state index in [-0.39, 0.29) is 11.7 Å². The molecule has 2 aromatic rings. The number of hydrogen-bond donors (Lipinski definition) is 2. The van der Waals surface area contributed by atoms with Crippen LogP contribution in [0, 0.1) is 21.0 Å². The molecule has 0 unspecified atom stereocenters. The molecule has 0 radical (unpaired) electrons. The number of carboxylic acids is 1. The van der Waals surface area contributed by atoms with Crippen LogP contribution in [0.25, 0.3) is 0 Å². The number of carbonyl (C=O) groups excluding carboxylic acids is 1. The SMILES string of the molecule is Cc1cc(C)nc(SCC(=O)N/N=C\c2cc(I)c(OCC(=O)O)c(I)c2)n1. The van der Waals surface area contributed by atoms with Crippen molar-refractivity contribution < 1.29 is 19.4 Å². The van der Waals surface area contributed by atoms with E-state index in [1.54, 1.807) is 12.1 Å². The minimum absolute atomic E-state index is 0.150. The number of carbonyl (C=O) groups is 2. The Kier molecular flexibility index (Phi) is 8.88. The highest BCUT2D eigenvalue weighted by molar-refractivity contribution is 14.1. The number of hydrazone groups is 1. The van der Waals surface area contributed by atoms with E-state index in [1.165, 1.54) is 18.0 Å². The fraction of sp³-hybridized carbons (Fsp3) is 0.235. The summed E-state index contributed by atoms with van der Waals surface area (Å²) in [6.07, 6.45) is 1.52. The van der Waals surface area contributed by atoms with E-state index in [4.69, 9.17) is 9.84 Å². The average molecular weight is 626 g/mol. The van der Waals surface area contributed by atoms with Crippen LogP contribution < -0.4 is 10.2 Å². The van der Waals surface area contributed by atoms with Gasteiger partial charge in [-0.1, -0.05) is 11.8 Å². The van der Waals surface area contributed by atoms with Crippen LogP contribution >= 0.6 is 56.9 Å². The summed E-state index contributed by atoms with van der Waals surface area (Å²) in [5.74, 6) is -0.648. The van der Waals surface area contributed by atoms with E-state index >= 15 is 0 Å². The van der Waals surface area contributed by atoms with E-state index < -0.39 is 12.6 Å². The molecule has 2 rings (SSSR count). The van der Waals surface area contributed by atoms with E-state index in [9.17, 15) is 9.59 Å². The van der Waals surface area contributed by atoms with E-state index in [1.807, 2.05) is 19.9 Å². The molecular weight excluding hydrogens is 610 g/mol. The third-order valence-corrected chi connectivity index (χ3v) is 5.51. The summed E-state index contributed by atoms with van der Waals surface area (Å²) in [5, 5.41) is 13.2. The average Bonchev–Trinajstić information content (AvgIpc) is 2.58. The second-order valence-corrected chi connectivity index (χ2v) is 8.78. The van der Waals surface area contributed by atoms with Crippen molar-refractivity contribution in [3.63, 3.8) is 0 Å². The predicted octanol–water partition coefficient (Wildman–Crippen LogP) is 3.01. The first kappa shape index (κ1) is 22.8. The van der Waals surface area contributed by atoms with Crippen molar-refractivity contribution in [2.75, 3.05) is 12.4 Å². The molecular formula is C17H16I2N4O4S. The number of aromatic nitrogens is 2. The molecule has 1 aromatic carbocycles. The minimum atomic E-state index is -1.04. The van der Waals surface area contributed by atoms with Crippen LogP contribution in [0.3, 0.4) is 0 Å². The number of aliphatic carboxylic acids is 1. The summed E-state index contributed by atoms with van der Waals surface area (Å²) in [5.41, 5.74) is 4.93. The van der Waals surface area contributed by atoms with Gasteiger partial charge in [0, 0.05) is 11.4 Å². The van der Waals surface area contributed by atoms with Gasteiger partial charge in [0.25, 0.3) is 5.91 Å². The Morgan fingerprint density at radius 3 is 2.39 bits per heavy atom. The predicted molar refractivity (Wildman–Crippen MR) is 123 cm³/mol. The molecule has 11 heteroatoms. The lowest BCUT2D eigenvalue weighted by Crippen LogP contribution is -2.19. The van der Waals surface area contributed by atoms with E-state index in [0.29, 0.717) is 10.9 Å². The van der Waals surface area contributed by atoms with E-state index in [2.05, 4.69) is 65.7 Å². The van der Waals surface area contributed by atoms with Crippen molar-refractivity contribution in [1.29, 1.82) is 0 Å². The molecule has 0 aliphatic carbocycles. The largest absolute Gasteiger partial charge is 0.480 e. The molecule has 0 spiro atoms. The number of nitrogens with one attached hydrogen (secondary N) is 1. The molecule has 0 saturated carbocycles. The van der Waals surface area contributed by atoms with Crippen LogP contribution in [-0.4, -0.2) is 45.5 Å². The first-order valence-electron chi connectivity index (χ1n) is 7.85. The minimum Gasteiger partial charge on any atom is -0.480 e. The maximum absolute atomic E-state index is 11.9. The summed E-state index contributed by atoms with van der Waals surface area (Å²) >= 11 is 5.36. The molecule has 8 nitrogen and oxygen atoms in total. The lowest BCUT2D eigenvalue weighted by Gasteiger charge is -2.09. The van der Waals surface area contributed by atoms with Crippen molar-refractivity contribution >= 4 is 75.0 Å². The number of benzene rings is 1. The second kappa shape index (κ2) is 10.9. The summed E-state index contributed by atoms with van der Waals surface area (Å²) < 4.78 is 6.78. The number of hydrogen-bond acceptors (Lipinski definition) is 7. The standard InChI is InChI=1S/C17H16I2N4O4S/c1-9-3-10(2)22-17(21-9)28-8-14(24)23-20-6-11-4-12(18)16(13(19)5-11)27-7-15(25)26/h3-6H,7-8H2,1-2H3,(H,23,24)(H,25,26)/b20-6-. The molecule has 1 amide bonds. The normalized spacial score (nSPS) is 10.9. The zero-order valence-electron chi connectivity index (χ0n) is 14.9. The van der Waals surface area contributed by atoms with Gasteiger partial charge in [0.05, 0.1) is 19.1 Å². The first-order chi connectivity index (χ1) is 13.2. The zero-order valence-corrected chi connectivity index (χ0v) is 20.0.